The van der Waals surface area contributed by atoms with Crippen LogP contribution in [0.1, 0.15) is 5.56 Å². The third kappa shape index (κ3) is 5.91. The number of hydrogen-bond donors (Lipinski definition) is 3. The van der Waals surface area contributed by atoms with Gasteiger partial charge in [0.1, 0.15) is 0 Å². The monoisotopic (exact) mass is 289 g/mol. The van der Waals surface area contributed by atoms with Crippen molar-refractivity contribution in [3.05, 3.63) is 29.6 Å². The molecule has 0 radical (unpaired) electrons. The molecule has 6 nitrogen and oxygen atoms in total. The highest BCUT2D eigenvalue weighted by Gasteiger charge is 2.03. The number of nitrogens with two attached hydrogens (primary N) is 3. The van der Waals surface area contributed by atoms with Crippen LogP contribution in [0.4, 0.5) is 4.39 Å². The zero-order chi connectivity index (χ0) is 13.5. The van der Waals surface area contributed by atoms with E-state index in [-0.39, 0.29) is 30.1 Å². The van der Waals surface area contributed by atoms with Crippen molar-refractivity contribution in [3.8, 4) is 5.75 Å². The Labute approximate surface area is 116 Å². The summed E-state index contributed by atoms with van der Waals surface area (Å²) in [7, 11) is 1.41. The maximum absolute atomic E-state index is 13.1. The average molecular weight is 290 g/mol. The van der Waals surface area contributed by atoms with E-state index in [0.29, 0.717) is 13.0 Å². The van der Waals surface area contributed by atoms with Crippen LogP contribution in [-0.2, 0) is 6.42 Å². The number of ether oxygens (including phenoxy) is 1. The number of methoxy groups -OCH3 is 1. The fourth-order valence-electron chi connectivity index (χ4n) is 1.33. The van der Waals surface area contributed by atoms with E-state index in [2.05, 4.69) is 9.98 Å². The molecule has 8 heteroatoms. The van der Waals surface area contributed by atoms with Crippen LogP contribution in [-0.4, -0.2) is 25.6 Å². The Morgan fingerprint density at radius 3 is 2.58 bits per heavy atom. The summed E-state index contributed by atoms with van der Waals surface area (Å²) >= 11 is 0. The SMILES string of the molecule is COc1cc(CCN=C(N)N=C(N)N)ccc1F.Cl. The molecule has 1 aromatic carbocycles. The number of halogens is 2. The van der Waals surface area contributed by atoms with Gasteiger partial charge in [-0.2, -0.15) is 4.99 Å². The van der Waals surface area contributed by atoms with E-state index in [4.69, 9.17) is 21.9 Å². The number of nitrogens with zero attached hydrogens (tertiary/aromatic N) is 2. The van der Waals surface area contributed by atoms with Crippen molar-refractivity contribution in [2.24, 2.45) is 27.2 Å². The Balaban J connectivity index is 0.00000324. The van der Waals surface area contributed by atoms with Crippen molar-refractivity contribution in [2.75, 3.05) is 13.7 Å². The third-order valence-corrected chi connectivity index (χ3v) is 2.13. The van der Waals surface area contributed by atoms with Crippen LogP contribution < -0.4 is 21.9 Å². The molecule has 0 aliphatic carbocycles. The lowest BCUT2D eigenvalue weighted by Gasteiger charge is -2.04. The van der Waals surface area contributed by atoms with Gasteiger partial charge in [-0.1, -0.05) is 6.07 Å². The molecular weight excluding hydrogens is 273 g/mol. The number of guanidine groups is 2. The minimum absolute atomic E-state index is 0. The molecule has 0 aliphatic rings. The van der Waals surface area contributed by atoms with E-state index in [1.165, 1.54) is 13.2 Å². The van der Waals surface area contributed by atoms with Crippen molar-refractivity contribution in [3.63, 3.8) is 0 Å². The van der Waals surface area contributed by atoms with Gasteiger partial charge in [0.05, 0.1) is 7.11 Å². The highest BCUT2D eigenvalue weighted by atomic mass is 35.5. The summed E-state index contributed by atoms with van der Waals surface area (Å²) in [6, 6.07) is 4.61. The Morgan fingerprint density at radius 1 is 1.32 bits per heavy atom. The van der Waals surface area contributed by atoms with Crippen LogP contribution in [0, 0.1) is 5.82 Å². The Kier molecular flexibility index (Phi) is 7.28. The molecule has 0 aromatic heterocycles. The summed E-state index contributed by atoms with van der Waals surface area (Å²) in [4.78, 5) is 7.52. The molecule has 0 unspecified atom stereocenters. The van der Waals surface area contributed by atoms with E-state index >= 15 is 0 Å². The van der Waals surface area contributed by atoms with E-state index in [1.54, 1.807) is 12.1 Å². The van der Waals surface area contributed by atoms with Gasteiger partial charge in [-0.25, -0.2) is 4.39 Å². The van der Waals surface area contributed by atoms with E-state index in [0.717, 1.165) is 5.56 Å². The van der Waals surface area contributed by atoms with Crippen molar-refractivity contribution in [1.29, 1.82) is 0 Å². The predicted molar refractivity (Wildman–Crippen MR) is 76.2 cm³/mol. The lowest BCUT2D eigenvalue weighted by atomic mass is 10.1. The van der Waals surface area contributed by atoms with Gasteiger partial charge < -0.3 is 21.9 Å². The van der Waals surface area contributed by atoms with E-state index in [1.807, 2.05) is 0 Å². The highest BCUT2D eigenvalue weighted by Crippen LogP contribution is 2.18. The molecule has 19 heavy (non-hydrogen) atoms. The van der Waals surface area contributed by atoms with Gasteiger partial charge in [0.2, 0.25) is 5.96 Å². The predicted octanol–water partition coefficient (Wildman–Crippen LogP) is 0.387. The Hall–Kier alpha value is -2.02. The zero-order valence-corrected chi connectivity index (χ0v) is 11.3. The molecule has 0 saturated carbocycles. The topological polar surface area (TPSA) is 112 Å². The van der Waals surface area contributed by atoms with Crippen LogP contribution in [0.25, 0.3) is 0 Å². The number of rotatable bonds is 4. The summed E-state index contributed by atoms with van der Waals surface area (Å²) in [5.74, 6) is -0.317. The summed E-state index contributed by atoms with van der Waals surface area (Å²) < 4.78 is 18.0. The molecule has 0 fully saturated rings. The minimum Gasteiger partial charge on any atom is -0.494 e. The fourth-order valence-corrected chi connectivity index (χ4v) is 1.33. The van der Waals surface area contributed by atoms with Crippen LogP contribution in [0.3, 0.4) is 0 Å². The lowest BCUT2D eigenvalue weighted by Crippen LogP contribution is -2.26. The minimum atomic E-state index is -0.398. The molecule has 6 N–H and O–H groups in total. The first-order valence-electron chi connectivity index (χ1n) is 5.25. The second-order valence-electron chi connectivity index (χ2n) is 3.50. The molecule has 106 valence electrons. The van der Waals surface area contributed by atoms with Gasteiger partial charge in [0.15, 0.2) is 17.5 Å². The molecule has 1 rings (SSSR count). The van der Waals surface area contributed by atoms with Crippen molar-refractivity contribution >= 4 is 24.3 Å². The molecule has 0 spiro atoms. The highest BCUT2D eigenvalue weighted by molar-refractivity contribution is 5.92. The molecular formula is C11H17ClFN5O. The van der Waals surface area contributed by atoms with Gasteiger partial charge in [-0.3, -0.25) is 4.99 Å². The number of aliphatic imine (C=N–C) groups is 2. The molecule has 0 amide bonds. The zero-order valence-electron chi connectivity index (χ0n) is 10.5. The Morgan fingerprint density at radius 2 is 2.00 bits per heavy atom. The molecule has 1 aromatic rings. The van der Waals surface area contributed by atoms with Crippen LogP contribution in [0.2, 0.25) is 0 Å². The average Bonchev–Trinajstić information content (AvgIpc) is 2.30. The Bertz CT molecular complexity index is 474. The van der Waals surface area contributed by atoms with Crippen LogP contribution in [0.5, 0.6) is 5.75 Å². The molecule has 0 heterocycles. The van der Waals surface area contributed by atoms with Gasteiger partial charge in [0.25, 0.3) is 0 Å². The smallest absolute Gasteiger partial charge is 0.218 e. The molecule has 0 saturated heterocycles. The first-order valence-corrected chi connectivity index (χ1v) is 5.25. The maximum atomic E-state index is 13.1. The second kappa shape index (κ2) is 8.15. The largest absolute Gasteiger partial charge is 0.494 e. The van der Waals surface area contributed by atoms with Gasteiger partial charge in [-0.05, 0) is 24.1 Å². The number of benzene rings is 1. The molecule has 0 aliphatic heterocycles. The summed E-state index contributed by atoms with van der Waals surface area (Å²) in [5, 5.41) is 0. The van der Waals surface area contributed by atoms with E-state index < -0.39 is 5.82 Å². The normalized spacial score (nSPS) is 10.5. The summed E-state index contributed by atoms with van der Waals surface area (Å²) in [5.41, 5.74) is 16.6. The summed E-state index contributed by atoms with van der Waals surface area (Å²) in [6.07, 6.45) is 0.581. The van der Waals surface area contributed by atoms with Crippen molar-refractivity contribution in [2.45, 2.75) is 6.42 Å². The molecule has 0 bridgehead atoms. The van der Waals surface area contributed by atoms with Gasteiger partial charge in [0, 0.05) is 6.54 Å². The fraction of sp³-hybridized carbons (Fsp3) is 0.273. The number of hydrogen-bond acceptors (Lipinski definition) is 2. The maximum Gasteiger partial charge on any atom is 0.218 e. The van der Waals surface area contributed by atoms with Crippen LogP contribution in [0.15, 0.2) is 28.2 Å². The van der Waals surface area contributed by atoms with Crippen LogP contribution >= 0.6 is 12.4 Å². The van der Waals surface area contributed by atoms with Gasteiger partial charge >= 0.3 is 0 Å². The first-order chi connectivity index (χ1) is 8.52. The molecule has 0 atom stereocenters. The first kappa shape index (κ1) is 17.0. The standard InChI is InChI=1S/C11H16FN5O.ClH/c1-18-9-6-7(2-3-8(9)12)4-5-16-11(15)17-10(13)14;/h2-3,6H,4-5H2,1H3,(H6,13,14,15,16,17);1H. The quantitative estimate of drug-likeness (QED) is 0.549. The van der Waals surface area contributed by atoms with Gasteiger partial charge in [-0.15, -0.1) is 12.4 Å². The third-order valence-electron chi connectivity index (χ3n) is 2.13. The van der Waals surface area contributed by atoms with Crippen molar-refractivity contribution < 1.29 is 9.13 Å². The second-order valence-corrected chi connectivity index (χ2v) is 3.50. The van der Waals surface area contributed by atoms with E-state index in [9.17, 15) is 4.39 Å². The lowest BCUT2D eigenvalue weighted by molar-refractivity contribution is 0.386. The van der Waals surface area contributed by atoms with Crippen molar-refractivity contribution in [1.82, 2.24) is 0 Å². The summed E-state index contributed by atoms with van der Waals surface area (Å²) in [6.45, 7) is 0.400.